The molecule has 1 unspecified atom stereocenters. The van der Waals surface area contributed by atoms with Crippen molar-refractivity contribution in [3.8, 4) is 11.5 Å². The van der Waals surface area contributed by atoms with Crippen LogP contribution in [0.1, 0.15) is 29.9 Å². The van der Waals surface area contributed by atoms with Crippen molar-refractivity contribution >= 4 is 15.9 Å². The van der Waals surface area contributed by atoms with Gasteiger partial charge >= 0.3 is 0 Å². The molecule has 0 radical (unpaired) electrons. The minimum Gasteiger partial charge on any atom is -0.497 e. The monoisotopic (exact) mass is 335 g/mol. The highest BCUT2D eigenvalue weighted by atomic mass is 79.9. The van der Waals surface area contributed by atoms with Gasteiger partial charge in [0.15, 0.2) is 0 Å². The zero-order valence-corrected chi connectivity index (χ0v) is 12.5. The maximum atomic E-state index is 10.3. The van der Waals surface area contributed by atoms with Gasteiger partial charge in [0.2, 0.25) is 0 Å². The Hall–Kier alpha value is -1.59. The molecule has 0 spiro atoms. The first kappa shape index (κ1) is 13.4. The van der Waals surface area contributed by atoms with E-state index in [0.29, 0.717) is 17.9 Å². The molecule has 0 amide bonds. The zero-order valence-electron chi connectivity index (χ0n) is 10.9. The van der Waals surface area contributed by atoms with E-state index in [1.165, 1.54) is 0 Å². The first-order valence-corrected chi connectivity index (χ1v) is 7.11. The minimum absolute atomic E-state index is 0.237. The molecule has 2 heterocycles. The fraction of sp³-hybridized carbons (Fsp3) is 0.267. The van der Waals surface area contributed by atoms with E-state index in [4.69, 9.17) is 9.47 Å². The number of aliphatic hydroxyl groups excluding tert-OH is 1. The Labute approximate surface area is 125 Å². The molecule has 5 heteroatoms. The first-order valence-electron chi connectivity index (χ1n) is 6.31. The Morgan fingerprint density at radius 3 is 2.90 bits per heavy atom. The van der Waals surface area contributed by atoms with Crippen LogP contribution in [0.25, 0.3) is 0 Å². The molecule has 0 saturated carbocycles. The van der Waals surface area contributed by atoms with Crippen LogP contribution in [-0.4, -0.2) is 17.2 Å². The van der Waals surface area contributed by atoms with E-state index >= 15 is 0 Å². The van der Waals surface area contributed by atoms with Crippen LogP contribution in [0.3, 0.4) is 0 Å². The second-order valence-electron chi connectivity index (χ2n) is 4.66. The quantitative estimate of drug-likeness (QED) is 0.913. The van der Waals surface area contributed by atoms with Crippen molar-refractivity contribution in [1.82, 2.24) is 4.98 Å². The molecule has 104 valence electrons. The Morgan fingerprint density at radius 1 is 1.35 bits per heavy atom. The molecule has 2 aromatic rings. The third kappa shape index (κ3) is 2.51. The van der Waals surface area contributed by atoms with E-state index in [2.05, 4.69) is 20.9 Å². The molecular weight excluding hydrogens is 322 g/mol. The topological polar surface area (TPSA) is 51.6 Å². The van der Waals surface area contributed by atoms with Crippen LogP contribution < -0.4 is 9.47 Å². The zero-order chi connectivity index (χ0) is 14.1. The average Bonchev–Trinajstić information content (AvgIpc) is 2.47. The Morgan fingerprint density at radius 2 is 2.20 bits per heavy atom. The summed E-state index contributed by atoms with van der Waals surface area (Å²) in [5, 5.41) is 10.3. The average molecular weight is 336 g/mol. The lowest BCUT2D eigenvalue weighted by atomic mass is 9.97. The predicted molar refractivity (Wildman–Crippen MR) is 77.9 cm³/mol. The van der Waals surface area contributed by atoms with Gasteiger partial charge in [-0.3, -0.25) is 4.98 Å². The minimum atomic E-state index is -0.579. The maximum absolute atomic E-state index is 10.3. The molecule has 1 aliphatic rings. The number of benzene rings is 1. The number of nitrogens with zero attached hydrogens (tertiary/aromatic N) is 1. The molecule has 1 N–H and O–H groups in total. The number of hydrogen-bond donors (Lipinski definition) is 1. The number of rotatable bonds is 2. The lowest BCUT2D eigenvalue weighted by Gasteiger charge is -2.29. The number of halogens is 1. The maximum Gasteiger partial charge on any atom is 0.143 e. The number of ether oxygens (including phenoxy) is 2. The summed E-state index contributed by atoms with van der Waals surface area (Å²) < 4.78 is 12.0. The van der Waals surface area contributed by atoms with Crippen molar-refractivity contribution in [2.75, 3.05) is 7.11 Å². The van der Waals surface area contributed by atoms with Gasteiger partial charge in [0.25, 0.3) is 0 Å². The van der Waals surface area contributed by atoms with Crippen LogP contribution in [0, 0.1) is 0 Å². The third-order valence-corrected chi connectivity index (χ3v) is 3.83. The lowest BCUT2D eigenvalue weighted by Crippen LogP contribution is -2.19. The molecule has 20 heavy (non-hydrogen) atoms. The van der Waals surface area contributed by atoms with Crippen molar-refractivity contribution in [2.24, 2.45) is 0 Å². The largest absolute Gasteiger partial charge is 0.497 e. The summed E-state index contributed by atoms with van der Waals surface area (Å²) in [6, 6.07) is 9.27. The molecular formula is C15H14BrNO3. The van der Waals surface area contributed by atoms with Gasteiger partial charge in [-0.05, 0) is 46.3 Å². The summed E-state index contributed by atoms with van der Waals surface area (Å²) in [4.78, 5) is 4.34. The summed E-state index contributed by atoms with van der Waals surface area (Å²) in [5.41, 5.74) is 1.58. The molecule has 0 saturated heterocycles. The van der Waals surface area contributed by atoms with Crippen LogP contribution in [0.4, 0.5) is 0 Å². The van der Waals surface area contributed by atoms with Gasteiger partial charge in [-0.15, -0.1) is 0 Å². The first-order chi connectivity index (χ1) is 9.67. The van der Waals surface area contributed by atoms with Gasteiger partial charge in [-0.25, -0.2) is 0 Å². The van der Waals surface area contributed by atoms with E-state index < -0.39 is 6.10 Å². The van der Waals surface area contributed by atoms with Crippen LogP contribution in [0.2, 0.25) is 0 Å². The summed E-state index contributed by atoms with van der Waals surface area (Å²) in [6.07, 6.45) is 1.40. The number of methoxy groups -OCH3 is 1. The molecule has 1 aliphatic heterocycles. The Bertz CT molecular complexity index is 615. The van der Waals surface area contributed by atoms with Crippen LogP contribution >= 0.6 is 15.9 Å². The van der Waals surface area contributed by atoms with Gasteiger partial charge < -0.3 is 14.6 Å². The summed E-state index contributed by atoms with van der Waals surface area (Å²) in [7, 11) is 1.60. The number of hydrogen-bond acceptors (Lipinski definition) is 4. The molecule has 3 rings (SSSR count). The van der Waals surface area contributed by atoms with Crippen LogP contribution in [-0.2, 0) is 0 Å². The Balaban J connectivity index is 1.90. The van der Waals surface area contributed by atoms with E-state index in [1.807, 2.05) is 30.3 Å². The summed E-state index contributed by atoms with van der Waals surface area (Å²) in [5.74, 6) is 1.39. The number of pyridine rings is 1. The molecule has 4 nitrogen and oxygen atoms in total. The second-order valence-corrected chi connectivity index (χ2v) is 5.58. The molecule has 0 bridgehead atoms. The van der Waals surface area contributed by atoms with E-state index in [9.17, 15) is 5.11 Å². The smallest absolute Gasteiger partial charge is 0.143 e. The summed E-state index contributed by atoms with van der Waals surface area (Å²) >= 11 is 3.36. The highest BCUT2D eigenvalue weighted by Gasteiger charge is 2.29. The molecule has 0 aliphatic carbocycles. The number of aromatic nitrogens is 1. The van der Waals surface area contributed by atoms with Gasteiger partial charge in [-0.2, -0.15) is 0 Å². The fourth-order valence-electron chi connectivity index (χ4n) is 2.31. The van der Waals surface area contributed by atoms with E-state index in [-0.39, 0.29) is 6.10 Å². The van der Waals surface area contributed by atoms with Crippen molar-refractivity contribution in [2.45, 2.75) is 18.6 Å². The molecule has 1 aromatic carbocycles. The second kappa shape index (κ2) is 5.42. The summed E-state index contributed by atoms with van der Waals surface area (Å²) in [6.45, 7) is 0. The number of aliphatic hydroxyl groups is 1. The standard InChI is InChI=1S/C15H14BrNO3/c1-19-10-3-5-14-11(6-10)13(18)7-15(20-14)12-4-2-9(16)8-17-12/h2-6,8,13,15,18H,7H2,1H3/t13-,15?/m1/s1. The third-order valence-electron chi connectivity index (χ3n) is 3.36. The van der Waals surface area contributed by atoms with Gasteiger partial charge in [0.05, 0.1) is 18.9 Å². The number of fused-ring (bicyclic) bond motifs is 1. The van der Waals surface area contributed by atoms with E-state index in [0.717, 1.165) is 15.7 Å². The van der Waals surface area contributed by atoms with Crippen LogP contribution in [0.5, 0.6) is 11.5 Å². The van der Waals surface area contributed by atoms with Crippen molar-refractivity contribution < 1.29 is 14.6 Å². The highest BCUT2D eigenvalue weighted by molar-refractivity contribution is 9.10. The highest BCUT2D eigenvalue weighted by Crippen LogP contribution is 2.41. The molecule has 1 aromatic heterocycles. The predicted octanol–water partition coefficient (Wildman–Crippen LogP) is 3.41. The molecule has 2 atom stereocenters. The lowest BCUT2D eigenvalue weighted by molar-refractivity contribution is 0.0634. The molecule has 0 fully saturated rings. The van der Waals surface area contributed by atoms with Gasteiger partial charge in [0.1, 0.15) is 17.6 Å². The van der Waals surface area contributed by atoms with Crippen molar-refractivity contribution in [3.63, 3.8) is 0 Å². The fourth-order valence-corrected chi connectivity index (χ4v) is 2.55. The van der Waals surface area contributed by atoms with E-state index in [1.54, 1.807) is 13.3 Å². The van der Waals surface area contributed by atoms with Gasteiger partial charge in [0, 0.05) is 22.7 Å². The Kier molecular flexibility index (Phi) is 3.63. The van der Waals surface area contributed by atoms with Gasteiger partial charge in [-0.1, -0.05) is 0 Å². The SMILES string of the molecule is COc1ccc2c(c1)[C@H](O)CC(c1ccc(Br)cn1)O2. The van der Waals surface area contributed by atoms with Crippen molar-refractivity contribution in [3.05, 3.63) is 52.3 Å². The van der Waals surface area contributed by atoms with Crippen molar-refractivity contribution in [1.29, 1.82) is 0 Å². The van der Waals surface area contributed by atoms with Crippen LogP contribution in [0.15, 0.2) is 41.0 Å². The normalized spacial score (nSPS) is 20.9.